The lowest BCUT2D eigenvalue weighted by Crippen LogP contribution is -2.27. The van der Waals surface area contributed by atoms with Crippen molar-refractivity contribution in [1.29, 1.82) is 0 Å². The van der Waals surface area contributed by atoms with E-state index in [9.17, 15) is 0 Å². The molecule has 2 aliphatic rings. The SMILES string of the molecule is CC12CC=C(c3ccc(N(c4ccc5sc6ccccc6c5c4)c4cccc5c6cccc7c8ccccc8n(c45)c76)cc3)C=C1N(c1ccccc1)c1ccccc12. The van der Waals surface area contributed by atoms with Crippen LogP contribution in [0.25, 0.3) is 63.8 Å². The monoisotopic (exact) mass is 771 g/mol. The van der Waals surface area contributed by atoms with E-state index in [1.54, 1.807) is 0 Å². The molecule has 1 unspecified atom stereocenters. The Balaban J connectivity index is 0.998. The molecule has 0 bridgehead atoms. The van der Waals surface area contributed by atoms with Gasteiger partial charge in [0.15, 0.2) is 0 Å². The first kappa shape index (κ1) is 32.9. The van der Waals surface area contributed by atoms with Gasteiger partial charge in [-0.15, -0.1) is 11.3 Å². The minimum absolute atomic E-state index is 0.101. The highest BCUT2D eigenvalue weighted by molar-refractivity contribution is 7.25. The van der Waals surface area contributed by atoms with Gasteiger partial charge in [-0.3, -0.25) is 0 Å². The van der Waals surface area contributed by atoms with Gasteiger partial charge in [0.25, 0.3) is 0 Å². The summed E-state index contributed by atoms with van der Waals surface area (Å²) in [5, 5.41) is 7.72. The summed E-state index contributed by atoms with van der Waals surface area (Å²) in [5.41, 5.74) is 14.7. The van der Waals surface area contributed by atoms with Crippen molar-refractivity contribution in [2.45, 2.75) is 18.8 Å². The van der Waals surface area contributed by atoms with Crippen molar-refractivity contribution < 1.29 is 0 Å². The number of para-hydroxylation sites is 5. The van der Waals surface area contributed by atoms with E-state index in [-0.39, 0.29) is 5.41 Å². The van der Waals surface area contributed by atoms with Gasteiger partial charge in [-0.05, 0) is 103 Å². The Morgan fingerprint density at radius 3 is 2.07 bits per heavy atom. The maximum atomic E-state index is 2.51. The molecular formula is C55H37N3S. The second-order valence-corrected chi connectivity index (χ2v) is 17.4. The number of allylic oxidation sites excluding steroid dienone is 4. The molecule has 0 amide bonds. The van der Waals surface area contributed by atoms with Gasteiger partial charge in [-0.1, -0.05) is 121 Å². The van der Waals surface area contributed by atoms with Crippen LogP contribution in [0.15, 0.2) is 200 Å². The second-order valence-electron chi connectivity index (χ2n) is 16.3. The molecule has 3 nitrogen and oxygen atoms in total. The van der Waals surface area contributed by atoms with E-state index in [0.29, 0.717) is 0 Å². The van der Waals surface area contributed by atoms with Gasteiger partial charge >= 0.3 is 0 Å². The first-order chi connectivity index (χ1) is 29.1. The van der Waals surface area contributed by atoms with Gasteiger partial charge < -0.3 is 14.2 Å². The lowest BCUT2D eigenvalue weighted by atomic mass is 9.74. The molecule has 59 heavy (non-hydrogen) atoms. The maximum absolute atomic E-state index is 2.51. The molecule has 0 fully saturated rings. The summed E-state index contributed by atoms with van der Waals surface area (Å²) in [7, 11) is 0. The van der Waals surface area contributed by atoms with E-state index in [4.69, 9.17) is 0 Å². The van der Waals surface area contributed by atoms with Gasteiger partial charge in [0.2, 0.25) is 0 Å². The van der Waals surface area contributed by atoms with Gasteiger partial charge in [-0.2, -0.15) is 0 Å². The van der Waals surface area contributed by atoms with Crippen LogP contribution < -0.4 is 9.80 Å². The molecule has 4 heteroatoms. The highest BCUT2D eigenvalue weighted by Crippen LogP contribution is 2.56. The van der Waals surface area contributed by atoms with Crippen molar-refractivity contribution in [2.75, 3.05) is 9.80 Å². The molecule has 0 saturated carbocycles. The highest BCUT2D eigenvalue weighted by atomic mass is 32.1. The molecular weight excluding hydrogens is 735 g/mol. The van der Waals surface area contributed by atoms with Crippen LogP contribution in [-0.4, -0.2) is 4.40 Å². The van der Waals surface area contributed by atoms with Crippen LogP contribution in [0, 0.1) is 0 Å². The van der Waals surface area contributed by atoms with Crippen molar-refractivity contribution in [1.82, 2.24) is 4.40 Å². The molecule has 0 saturated heterocycles. The third kappa shape index (κ3) is 4.58. The quantitative estimate of drug-likeness (QED) is 0.173. The van der Waals surface area contributed by atoms with Crippen molar-refractivity contribution in [2.24, 2.45) is 0 Å². The number of benzene rings is 8. The van der Waals surface area contributed by atoms with Crippen LogP contribution in [0.5, 0.6) is 0 Å². The van der Waals surface area contributed by atoms with E-state index < -0.39 is 0 Å². The second kappa shape index (κ2) is 12.2. The van der Waals surface area contributed by atoms with Crippen molar-refractivity contribution >= 4 is 104 Å². The zero-order valence-electron chi connectivity index (χ0n) is 32.4. The maximum Gasteiger partial charge on any atom is 0.0782 e. The Morgan fingerprint density at radius 1 is 0.542 bits per heavy atom. The van der Waals surface area contributed by atoms with E-state index in [2.05, 4.69) is 215 Å². The van der Waals surface area contributed by atoms with E-state index >= 15 is 0 Å². The van der Waals surface area contributed by atoms with Crippen molar-refractivity contribution in [3.63, 3.8) is 0 Å². The molecule has 3 aromatic heterocycles. The Hall–Kier alpha value is -7.14. The normalized spacial score (nSPS) is 16.4. The standard InChI is InChI=1S/C55H37N3S/c1-55-32-31-36(33-52(55)57(37-13-3-2-4-14-37)48-22-9-7-20-46(48)55)35-25-27-38(28-26-35)56(39-29-30-51-45(34-39)41-16-6-10-24-50(41)59-51)49-23-12-19-44-43-18-11-17-42-40-15-5-8-21-47(40)58(53(42)43)54(44)49/h2-31,33-34H,32H2,1H3. The number of anilines is 5. The molecule has 278 valence electrons. The largest absolute Gasteiger partial charge is 0.313 e. The first-order valence-corrected chi connectivity index (χ1v) is 21.3. The first-order valence-electron chi connectivity index (χ1n) is 20.5. The van der Waals surface area contributed by atoms with E-state index in [1.807, 2.05) is 11.3 Å². The van der Waals surface area contributed by atoms with Crippen LogP contribution in [0.2, 0.25) is 0 Å². The molecule has 0 spiro atoms. The number of nitrogens with zero attached hydrogens (tertiary/aromatic N) is 3. The van der Waals surface area contributed by atoms with Gasteiger partial charge in [-0.25, -0.2) is 0 Å². The predicted octanol–water partition coefficient (Wildman–Crippen LogP) is 15.5. The zero-order valence-corrected chi connectivity index (χ0v) is 33.2. The molecule has 1 aliphatic heterocycles. The molecule has 13 rings (SSSR count). The Kier molecular flexibility index (Phi) is 6.79. The smallest absolute Gasteiger partial charge is 0.0782 e. The van der Waals surface area contributed by atoms with Crippen LogP contribution in [0.1, 0.15) is 24.5 Å². The molecule has 11 aromatic rings. The zero-order chi connectivity index (χ0) is 38.8. The summed E-state index contributed by atoms with van der Waals surface area (Å²) in [6, 6.07) is 67.3. The number of thiophene rings is 1. The van der Waals surface area contributed by atoms with Crippen molar-refractivity contribution in [3.8, 4) is 0 Å². The van der Waals surface area contributed by atoms with Crippen LogP contribution in [0.4, 0.5) is 28.4 Å². The van der Waals surface area contributed by atoms with Gasteiger partial charge in [0.05, 0.1) is 22.2 Å². The fourth-order valence-electron chi connectivity index (χ4n) is 10.4. The lowest BCUT2D eigenvalue weighted by molar-refractivity contribution is 0.579. The molecule has 1 aliphatic carbocycles. The minimum atomic E-state index is -0.101. The summed E-state index contributed by atoms with van der Waals surface area (Å²) in [4.78, 5) is 4.95. The summed E-state index contributed by atoms with van der Waals surface area (Å²) < 4.78 is 5.13. The van der Waals surface area contributed by atoms with E-state index in [1.165, 1.54) is 92.0 Å². The fraction of sp³-hybridized carbons (Fsp3) is 0.0545. The molecule has 0 N–H and O–H groups in total. The van der Waals surface area contributed by atoms with Crippen LogP contribution in [-0.2, 0) is 5.41 Å². The van der Waals surface area contributed by atoms with Crippen LogP contribution >= 0.6 is 11.3 Å². The molecule has 0 radical (unpaired) electrons. The number of hydrogen-bond acceptors (Lipinski definition) is 3. The Labute approximate surface area is 345 Å². The van der Waals surface area contributed by atoms with Crippen molar-refractivity contribution in [3.05, 3.63) is 211 Å². The summed E-state index contributed by atoms with van der Waals surface area (Å²) in [5.74, 6) is 0. The Bertz CT molecular complexity index is 3550. The molecule has 4 heterocycles. The van der Waals surface area contributed by atoms with Crippen LogP contribution in [0.3, 0.4) is 0 Å². The average Bonchev–Trinajstić information content (AvgIpc) is 4.01. The number of hydrogen-bond donors (Lipinski definition) is 0. The predicted molar refractivity (Wildman–Crippen MR) is 252 cm³/mol. The Morgan fingerprint density at radius 2 is 1.20 bits per heavy atom. The number of fused-ring (bicyclic) bond motifs is 12. The fourth-order valence-corrected chi connectivity index (χ4v) is 11.5. The summed E-state index contributed by atoms with van der Waals surface area (Å²) >= 11 is 1.87. The topological polar surface area (TPSA) is 10.9 Å². The number of rotatable bonds is 5. The summed E-state index contributed by atoms with van der Waals surface area (Å²) in [6.45, 7) is 2.40. The third-order valence-corrected chi connectivity index (χ3v) is 14.3. The van der Waals surface area contributed by atoms with E-state index in [0.717, 1.165) is 23.5 Å². The number of aromatic nitrogens is 1. The summed E-state index contributed by atoms with van der Waals surface area (Å²) in [6.07, 6.45) is 5.82. The highest BCUT2D eigenvalue weighted by Gasteiger charge is 2.45. The average molecular weight is 772 g/mol. The minimum Gasteiger partial charge on any atom is -0.313 e. The lowest BCUT2D eigenvalue weighted by Gasteiger charge is -2.33. The van der Waals surface area contributed by atoms with Gasteiger partial charge in [0, 0.05) is 75.6 Å². The molecule has 1 atom stereocenters. The van der Waals surface area contributed by atoms with Gasteiger partial charge in [0.1, 0.15) is 0 Å². The molecule has 8 aromatic carbocycles. The third-order valence-electron chi connectivity index (χ3n) is 13.1.